The molecule has 0 N–H and O–H groups in total. The largest absolute Gasteiger partial charge is 0.491 e. The highest BCUT2D eigenvalue weighted by Crippen LogP contribution is 2.33. The summed E-state index contributed by atoms with van der Waals surface area (Å²) in [6.07, 6.45) is 3.43. The first-order chi connectivity index (χ1) is 16.2. The minimum Gasteiger partial charge on any atom is -0.491 e. The molecule has 3 rings (SSSR count). The fourth-order valence-corrected chi connectivity index (χ4v) is 3.02. The van der Waals surface area contributed by atoms with Crippen molar-refractivity contribution in [2.24, 2.45) is 0 Å². The molecule has 2 aromatic heterocycles. The van der Waals surface area contributed by atoms with Crippen molar-refractivity contribution in [2.75, 3.05) is 12.0 Å². The maximum absolute atomic E-state index is 12.6. The molecule has 2 heterocycles. The SMILES string of the molecule is COc1ccc(N(Cc2cccnc2)c2cccc(C(=O)OOC(C)(C)C)c2)nc1OC(C)C. The van der Waals surface area contributed by atoms with Gasteiger partial charge in [0.1, 0.15) is 11.4 Å². The molecule has 0 bridgehead atoms. The lowest BCUT2D eigenvalue weighted by Gasteiger charge is -2.25. The molecule has 0 saturated carbocycles. The number of ether oxygens (including phenoxy) is 2. The molecule has 0 unspecified atom stereocenters. The van der Waals surface area contributed by atoms with Crippen LogP contribution in [-0.2, 0) is 16.3 Å². The molecule has 0 radical (unpaired) electrons. The Morgan fingerprint density at radius 1 is 1.09 bits per heavy atom. The normalized spacial score (nSPS) is 11.3. The number of carbonyl (C=O) groups is 1. The van der Waals surface area contributed by atoms with Crippen LogP contribution in [0.1, 0.15) is 50.5 Å². The minimum atomic E-state index is -0.612. The number of nitrogens with zero attached hydrogens (tertiary/aromatic N) is 3. The third-order valence-electron chi connectivity index (χ3n) is 4.48. The maximum atomic E-state index is 12.6. The molecule has 0 spiro atoms. The molecule has 0 aliphatic rings. The summed E-state index contributed by atoms with van der Waals surface area (Å²) in [5.41, 5.74) is 1.45. The third-order valence-corrected chi connectivity index (χ3v) is 4.48. The van der Waals surface area contributed by atoms with Gasteiger partial charge in [-0.1, -0.05) is 12.1 Å². The fraction of sp³-hybridized carbons (Fsp3) is 0.346. The highest BCUT2D eigenvalue weighted by molar-refractivity contribution is 5.90. The van der Waals surface area contributed by atoms with Gasteiger partial charge in [0, 0.05) is 18.1 Å². The highest BCUT2D eigenvalue weighted by atomic mass is 17.2. The topological polar surface area (TPSA) is 83.0 Å². The molecule has 180 valence electrons. The molecule has 3 aromatic rings. The van der Waals surface area contributed by atoms with Crippen molar-refractivity contribution in [2.45, 2.75) is 52.9 Å². The number of methoxy groups -OCH3 is 1. The van der Waals surface area contributed by atoms with Crippen molar-refractivity contribution in [1.29, 1.82) is 0 Å². The van der Waals surface area contributed by atoms with Crippen LogP contribution < -0.4 is 14.4 Å². The quantitative estimate of drug-likeness (QED) is 0.303. The first kappa shape index (κ1) is 25.0. The number of aromatic nitrogens is 2. The van der Waals surface area contributed by atoms with Crippen LogP contribution in [0.3, 0.4) is 0 Å². The molecule has 8 nitrogen and oxygen atoms in total. The summed E-state index contributed by atoms with van der Waals surface area (Å²) in [5.74, 6) is 0.970. The molecule has 0 fully saturated rings. The van der Waals surface area contributed by atoms with E-state index in [9.17, 15) is 4.79 Å². The van der Waals surface area contributed by atoms with E-state index >= 15 is 0 Å². The van der Waals surface area contributed by atoms with Crippen LogP contribution >= 0.6 is 0 Å². The van der Waals surface area contributed by atoms with Crippen molar-refractivity contribution in [3.8, 4) is 11.6 Å². The number of carbonyl (C=O) groups excluding carboxylic acids is 1. The standard InChI is InChI=1S/C26H31N3O5/c1-18(2)32-24-22(31-6)12-13-23(28-24)29(17-19-9-8-14-27-16-19)21-11-7-10-20(15-21)25(30)33-34-26(3,4)5/h7-16,18H,17H2,1-6H3. The second kappa shape index (κ2) is 11.0. The van der Waals surface area contributed by atoms with E-state index in [1.54, 1.807) is 58.5 Å². The van der Waals surface area contributed by atoms with Crippen molar-refractivity contribution < 1.29 is 24.0 Å². The molecule has 34 heavy (non-hydrogen) atoms. The van der Waals surface area contributed by atoms with Crippen LogP contribution in [0, 0.1) is 0 Å². The van der Waals surface area contributed by atoms with Gasteiger partial charge in [0.2, 0.25) is 0 Å². The molecular formula is C26H31N3O5. The predicted molar refractivity (Wildman–Crippen MR) is 129 cm³/mol. The number of rotatable bonds is 9. The number of hydrogen-bond acceptors (Lipinski definition) is 8. The zero-order valence-corrected chi connectivity index (χ0v) is 20.4. The van der Waals surface area contributed by atoms with Gasteiger partial charge in [-0.3, -0.25) is 9.87 Å². The van der Waals surface area contributed by atoms with Crippen LogP contribution in [0.2, 0.25) is 0 Å². The van der Waals surface area contributed by atoms with Gasteiger partial charge in [0.05, 0.1) is 25.3 Å². The second-order valence-electron chi connectivity index (χ2n) is 8.91. The zero-order valence-electron chi connectivity index (χ0n) is 20.4. The Balaban J connectivity index is 2.00. The van der Waals surface area contributed by atoms with E-state index in [2.05, 4.69) is 4.98 Å². The number of anilines is 2. The Morgan fingerprint density at radius 2 is 1.88 bits per heavy atom. The van der Waals surface area contributed by atoms with Crippen molar-refractivity contribution in [3.63, 3.8) is 0 Å². The molecule has 0 atom stereocenters. The summed E-state index contributed by atoms with van der Waals surface area (Å²) in [7, 11) is 1.58. The van der Waals surface area contributed by atoms with Crippen LogP contribution in [-0.4, -0.2) is 34.8 Å². The van der Waals surface area contributed by atoms with Crippen molar-refractivity contribution in [1.82, 2.24) is 9.97 Å². The van der Waals surface area contributed by atoms with Gasteiger partial charge < -0.3 is 14.4 Å². The molecule has 0 saturated heterocycles. The fourth-order valence-electron chi connectivity index (χ4n) is 3.02. The summed E-state index contributed by atoms with van der Waals surface area (Å²) >= 11 is 0. The Bertz CT molecular complexity index is 1100. The number of benzene rings is 1. The van der Waals surface area contributed by atoms with E-state index in [0.717, 1.165) is 11.3 Å². The minimum absolute atomic E-state index is 0.0793. The first-order valence-electron chi connectivity index (χ1n) is 11.0. The van der Waals surface area contributed by atoms with E-state index in [1.165, 1.54) is 0 Å². The van der Waals surface area contributed by atoms with Crippen LogP contribution in [0.15, 0.2) is 60.9 Å². The summed E-state index contributed by atoms with van der Waals surface area (Å²) in [4.78, 5) is 33.7. The van der Waals surface area contributed by atoms with Crippen LogP contribution in [0.25, 0.3) is 0 Å². The van der Waals surface area contributed by atoms with Gasteiger partial charge in [-0.05, 0) is 76.6 Å². The van der Waals surface area contributed by atoms with E-state index in [1.807, 2.05) is 49.1 Å². The van der Waals surface area contributed by atoms with Gasteiger partial charge >= 0.3 is 5.97 Å². The van der Waals surface area contributed by atoms with E-state index in [0.29, 0.717) is 29.6 Å². The lowest BCUT2D eigenvalue weighted by atomic mass is 10.1. The lowest BCUT2D eigenvalue weighted by Crippen LogP contribution is -2.22. The monoisotopic (exact) mass is 465 g/mol. The zero-order chi connectivity index (χ0) is 24.7. The average molecular weight is 466 g/mol. The molecule has 0 aliphatic heterocycles. The first-order valence-corrected chi connectivity index (χ1v) is 11.0. The van der Waals surface area contributed by atoms with Gasteiger partial charge in [-0.15, -0.1) is 0 Å². The Hall–Kier alpha value is -3.65. The summed E-state index contributed by atoms with van der Waals surface area (Å²) in [6.45, 7) is 9.73. The molecule has 0 aliphatic carbocycles. The van der Waals surface area contributed by atoms with E-state index in [-0.39, 0.29) is 6.10 Å². The van der Waals surface area contributed by atoms with Crippen LogP contribution in [0.4, 0.5) is 11.5 Å². The molecule has 1 aromatic carbocycles. The summed E-state index contributed by atoms with van der Waals surface area (Å²) in [5, 5.41) is 0. The highest BCUT2D eigenvalue weighted by Gasteiger charge is 2.20. The van der Waals surface area contributed by atoms with Gasteiger partial charge in [0.25, 0.3) is 5.88 Å². The smallest absolute Gasteiger partial charge is 0.373 e. The Labute approximate surface area is 200 Å². The number of hydrogen-bond donors (Lipinski definition) is 0. The summed E-state index contributed by atoms with van der Waals surface area (Å²) in [6, 6.07) is 14.6. The molecular weight excluding hydrogens is 434 g/mol. The predicted octanol–water partition coefficient (Wildman–Crippen LogP) is 5.50. The summed E-state index contributed by atoms with van der Waals surface area (Å²) < 4.78 is 11.3. The van der Waals surface area contributed by atoms with Gasteiger partial charge in [0.15, 0.2) is 5.75 Å². The number of pyridine rings is 2. The van der Waals surface area contributed by atoms with Gasteiger partial charge in [-0.25, -0.2) is 4.79 Å². The Kier molecular flexibility index (Phi) is 8.07. The molecule has 0 amide bonds. The third kappa shape index (κ3) is 6.92. The second-order valence-corrected chi connectivity index (χ2v) is 8.91. The molecule has 8 heteroatoms. The lowest BCUT2D eigenvalue weighted by molar-refractivity contribution is -0.301. The average Bonchev–Trinajstić information content (AvgIpc) is 2.81. The van der Waals surface area contributed by atoms with E-state index in [4.69, 9.17) is 24.2 Å². The van der Waals surface area contributed by atoms with Crippen LogP contribution in [0.5, 0.6) is 11.6 Å². The van der Waals surface area contributed by atoms with E-state index < -0.39 is 11.6 Å². The van der Waals surface area contributed by atoms with Gasteiger partial charge in [-0.2, -0.15) is 9.87 Å². The maximum Gasteiger partial charge on any atom is 0.373 e. The Morgan fingerprint density at radius 3 is 2.53 bits per heavy atom. The van der Waals surface area contributed by atoms with Crippen molar-refractivity contribution in [3.05, 3.63) is 72.1 Å². The van der Waals surface area contributed by atoms with Crippen molar-refractivity contribution >= 4 is 17.5 Å².